The number of esters is 1. The Hall–Kier alpha value is -4.47. The van der Waals surface area contributed by atoms with Gasteiger partial charge in [-0.05, 0) is 69.9 Å². The lowest BCUT2D eigenvalue weighted by molar-refractivity contribution is -0.155. The van der Waals surface area contributed by atoms with Gasteiger partial charge < -0.3 is 21.1 Å². The van der Waals surface area contributed by atoms with E-state index in [0.717, 1.165) is 29.1 Å². The van der Waals surface area contributed by atoms with Crippen molar-refractivity contribution in [3.05, 3.63) is 77.7 Å². The summed E-state index contributed by atoms with van der Waals surface area (Å²) in [6, 6.07) is 16.0. The van der Waals surface area contributed by atoms with Gasteiger partial charge in [0.05, 0.1) is 23.7 Å². The molecule has 0 saturated heterocycles. The Morgan fingerprint density at radius 1 is 1.10 bits per heavy atom. The van der Waals surface area contributed by atoms with Crippen LogP contribution in [0.3, 0.4) is 0 Å². The molecular formula is C31H37FN6O3. The molecule has 41 heavy (non-hydrogen) atoms. The third-order valence-corrected chi connectivity index (χ3v) is 6.66. The third-order valence-electron chi connectivity index (χ3n) is 6.66. The highest BCUT2D eigenvalue weighted by Gasteiger charge is 2.26. The second-order valence-electron chi connectivity index (χ2n) is 11.1. The number of carbonyl (C=O) groups is 2. The number of pyridine rings is 1. The van der Waals surface area contributed by atoms with Crippen molar-refractivity contribution in [1.29, 1.82) is 0 Å². The lowest BCUT2D eigenvalue weighted by Gasteiger charge is -2.27. The van der Waals surface area contributed by atoms with Gasteiger partial charge >= 0.3 is 5.97 Å². The molecule has 0 unspecified atom stereocenters. The molecule has 0 spiro atoms. The maximum Gasteiger partial charge on any atom is 0.306 e. The van der Waals surface area contributed by atoms with Crippen molar-refractivity contribution >= 4 is 40.1 Å². The summed E-state index contributed by atoms with van der Waals surface area (Å²) >= 11 is 0. The maximum atomic E-state index is 15.4. The number of nitrogens with two attached hydrogens (primary N) is 1. The third kappa shape index (κ3) is 7.59. The first-order chi connectivity index (χ1) is 19.4. The van der Waals surface area contributed by atoms with Gasteiger partial charge in [-0.2, -0.15) is 5.10 Å². The average molecular weight is 561 g/mol. The molecular weight excluding hydrogens is 523 g/mol. The summed E-state index contributed by atoms with van der Waals surface area (Å²) in [4.78, 5) is 29.3. The monoisotopic (exact) mass is 560 g/mol. The first-order valence-electron chi connectivity index (χ1n) is 13.7. The number of carbonyl (C=O) groups excluding carboxylic acids is 2. The Kier molecular flexibility index (Phi) is 8.90. The predicted octanol–water partition coefficient (Wildman–Crippen LogP) is 5.82. The summed E-state index contributed by atoms with van der Waals surface area (Å²) < 4.78 is 22.8. The first-order valence-corrected chi connectivity index (χ1v) is 13.7. The number of benzene rings is 2. The second kappa shape index (κ2) is 12.4. The summed E-state index contributed by atoms with van der Waals surface area (Å²) in [7, 11) is 0. The van der Waals surface area contributed by atoms with E-state index in [0.29, 0.717) is 12.1 Å². The molecule has 0 aliphatic rings. The Morgan fingerprint density at radius 3 is 2.49 bits per heavy atom. The number of nitrogens with one attached hydrogen (secondary N) is 2. The molecule has 4 N–H and O–H groups in total. The van der Waals surface area contributed by atoms with Gasteiger partial charge in [-0.15, -0.1) is 0 Å². The SMILES string of the molecule is CCn1ncc2cc(Nc3nc(N[C@H](Cc4ccccc4)[C@H](C)CC(=O)OC(C)(C)C)c(F)cc3C(N)=O)ccc21. The van der Waals surface area contributed by atoms with Crippen LogP contribution in [-0.2, 0) is 22.5 Å². The van der Waals surface area contributed by atoms with E-state index < -0.39 is 17.3 Å². The van der Waals surface area contributed by atoms with Gasteiger partial charge in [-0.3, -0.25) is 14.3 Å². The molecule has 2 atom stereocenters. The average Bonchev–Trinajstić information content (AvgIpc) is 3.31. The number of halogens is 1. The van der Waals surface area contributed by atoms with Gasteiger partial charge in [0.15, 0.2) is 11.6 Å². The second-order valence-corrected chi connectivity index (χ2v) is 11.1. The Labute approximate surface area is 239 Å². The van der Waals surface area contributed by atoms with Crippen LogP contribution in [0.5, 0.6) is 0 Å². The van der Waals surface area contributed by atoms with Crippen molar-refractivity contribution in [1.82, 2.24) is 14.8 Å². The normalized spacial score (nSPS) is 13.0. The minimum Gasteiger partial charge on any atom is -0.460 e. The van der Waals surface area contributed by atoms with E-state index in [-0.39, 0.29) is 41.5 Å². The summed E-state index contributed by atoms with van der Waals surface area (Å²) in [6.45, 7) is 10.1. The minimum absolute atomic E-state index is 0.0608. The molecule has 0 aliphatic carbocycles. The fourth-order valence-electron chi connectivity index (χ4n) is 4.65. The molecule has 0 saturated carbocycles. The van der Waals surface area contributed by atoms with Crippen molar-refractivity contribution in [3.8, 4) is 0 Å². The highest BCUT2D eigenvalue weighted by molar-refractivity contribution is 5.99. The van der Waals surface area contributed by atoms with Crippen molar-refractivity contribution in [2.24, 2.45) is 11.7 Å². The number of nitrogens with zero attached hydrogens (tertiary/aromatic N) is 3. The van der Waals surface area contributed by atoms with Crippen LogP contribution in [0.4, 0.5) is 21.7 Å². The zero-order chi connectivity index (χ0) is 29.7. The fourth-order valence-corrected chi connectivity index (χ4v) is 4.65. The van der Waals surface area contributed by atoms with Gasteiger partial charge in [0.25, 0.3) is 5.91 Å². The number of primary amides is 1. The highest BCUT2D eigenvalue weighted by Crippen LogP contribution is 2.28. The van der Waals surface area contributed by atoms with Gasteiger partial charge in [0, 0.05) is 23.7 Å². The van der Waals surface area contributed by atoms with Gasteiger partial charge in [-0.1, -0.05) is 37.3 Å². The minimum atomic E-state index is -0.815. The number of aromatic nitrogens is 3. The topological polar surface area (TPSA) is 124 Å². The molecule has 0 radical (unpaired) electrons. The van der Waals surface area contributed by atoms with Gasteiger partial charge in [0.2, 0.25) is 0 Å². The molecule has 0 bridgehead atoms. The summed E-state index contributed by atoms with van der Waals surface area (Å²) in [6.07, 6.45) is 2.38. The van der Waals surface area contributed by atoms with E-state index >= 15 is 4.39 Å². The summed E-state index contributed by atoms with van der Waals surface area (Å²) in [5, 5.41) is 11.6. The highest BCUT2D eigenvalue weighted by atomic mass is 19.1. The molecule has 1 amide bonds. The molecule has 0 aliphatic heterocycles. The van der Waals surface area contributed by atoms with Crippen LogP contribution >= 0.6 is 0 Å². The number of hydrogen-bond donors (Lipinski definition) is 3. The molecule has 0 fully saturated rings. The zero-order valence-corrected chi connectivity index (χ0v) is 24.1. The van der Waals surface area contributed by atoms with Crippen LogP contribution in [0, 0.1) is 11.7 Å². The first kappa shape index (κ1) is 29.5. The number of anilines is 3. The Balaban J connectivity index is 1.64. The number of ether oxygens (including phenoxy) is 1. The number of hydrogen-bond acceptors (Lipinski definition) is 7. The smallest absolute Gasteiger partial charge is 0.306 e. The number of rotatable bonds is 11. The lowest BCUT2D eigenvalue weighted by Crippen LogP contribution is -2.34. The molecule has 2 aromatic carbocycles. The van der Waals surface area contributed by atoms with Crippen LogP contribution < -0.4 is 16.4 Å². The summed E-state index contributed by atoms with van der Waals surface area (Å²) in [5.74, 6) is -2.07. The van der Waals surface area contributed by atoms with E-state index in [2.05, 4.69) is 20.7 Å². The number of amides is 1. The molecule has 2 heterocycles. The molecule has 10 heteroatoms. The van der Waals surface area contributed by atoms with Gasteiger partial charge in [-0.25, -0.2) is 9.37 Å². The maximum absolute atomic E-state index is 15.4. The number of fused-ring (bicyclic) bond motifs is 1. The predicted molar refractivity (Wildman–Crippen MR) is 159 cm³/mol. The molecule has 2 aromatic heterocycles. The molecule has 4 aromatic rings. The van der Waals surface area contributed by atoms with Crippen LogP contribution in [-0.4, -0.2) is 38.3 Å². The number of aryl methyl sites for hydroxylation is 1. The van der Waals surface area contributed by atoms with Crippen molar-refractivity contribution < 1.29 is 18.7 Å². The molecule has 9 nitrogen and oxygen atoms in total. The molecule has 4 rings (SSSR count). The van der Waals surface area contributed by atoms with E-state index in [1.165, 1.54) is 0 Å². The zero-order valence-electron chi connectivity index (χ0n) is 24.1. The molecule has 216 valence electrons. The lowest BCUT2D eigenvalue weighted by atomic mass is 9.92. The van der Waals surface area contributed by atoms with E-state index in [1.807, 2.05) is 87.8 Å². The largest absolute Gasteiger partial charge is 0.460 e. The van der Waals surface area contributed by atoms with Gasteiger partial charge in [0.1, 0.15) is 11.4 Å². The van der Waals surface area contributed by atoms with Crippen molar-refractivity contribution in [2.75, 3.05) is 10.6 Å². The van der Waals surface area contributed by atoms with E-state index in [1.54, 1.807) is 6.20 Å². The fraction of sp³-hybridized carbons (Fsp3) is 0.355. The Morgan fingerprint density at radius 2 is 1.83 bits per heavy atom. The van der Waals surface area contributed by atoms with Crippen LogP contribution in [0.1, 0.15) is 57.0 Å². The van der Waals surface area contributed by atoms with Crippen molar-refractivity contribution in [2.45, 2.75) is 65.6 Å². The van der Waals surface area contributed by atoms with Crippen LogP contribution in [0.25, 0.3) is 10.9 Å². The Bertz CT molecular complexity index is 1530. The van der Waals surface area contributed by atoms with E-state index in [4.69, 9.17) is 10.5 Å². The summed E-state index contributed by atoms with van der Waals surface area (Å²) in [5.41, 5.74) is 7.50. The van der Waals surface area contributed by atoms with Crippen LogP contribution in [0.15, 0.2) is 60.8 Å². The quantitative estimate of drug-likeness (QED) is 0.197. The standard InChI is InChI=1S/C31H37FN6O3/c1-6-38-26-13-12-22(16-21(26)18-34-38)35-29-23(28(33)40)17-24(32)30(37-29)36-25(15-20-10-8-7-9-11-20)19(2)14-27(39)41-31(3,4)5/h7-13,16-19,25H,6,14-15H2,1-5H3,(H2,33,40)(H2,35,36,37)/t19-,25-/m1/s1. The van der Waals surface area contributed by atoms with Crippen molar-refractivity contribution in [3.63, 3.8) is 0 Å². The van der Waals surface area contributed by atoms with Crippen LogP contribution in [0.2, 0.25) is 0 Å². The van der Waals surface area contributed by atoms with E-state index in [9.17, 15) is 9.59 Å².